The number of aryl methyl sites for hydroxylation is 1. The van der Waals surface area contributed by atoms with Gasteiger partial charge in [-0.05, 0) is 84.3 Å². The zero-order valence-electron chi connectivity index (χ0n) is 19.2. The fraction of sp³-hybridized carbons (Fsp3) is 0.207. The highest BCUT2D eigenvalue weighted by atomic mass is 16.2. The van der Waals surface area contributed by atoms with Gasteiger partial charge in [-0.2, -0.15) is 0 Å². The van der Waals surface area contributed by atoms with Crippen molar-refractivity contribution in [2.45, 2.75) is 26.3 Å². The molecule has 34 heavy (non-hydrogen) atoms. The topological polar surface area (TPSA) is 71.1 Å². The summed E-state index contributed by atoms with van der Waals surface area (Å²) < 4.78 is 0. The molecule has 0 aliphatic heterocycles. The number of carbonyl (C=O) groups excluding carboxylic acids is 2. The van der Waals surface area contributed by atoms with Gasteiger partial charge in [0, 0.05) is 35.8 Å². The summed E-state index contributed by atoms with van der Waals surface area (Å²) in [6, 6.07) is 23.2. The minimum Gasteiger partial charge on any atom is -0.352 e. The Morgan fingerprint density at radius 2 is 1.65 bits per heavy atom. The van der Waals surface area contributed by atoms with Crippen molar-refractivity contribution in [1.29, 1.82) is 0 Å². The zero-order chi connectivity index (χ0) is 23.5. The van der Waals surface area contributed by atoms with Crippen LogP contribution in [0.4, 0.5) is 0 Å². The van der Waals surface area contributed by atoms with Crippen molar-refractivity contribution in [2.24, 2.45) is 5.92 Å². The molecule has 0 radical (unpaired) electrons. The molecule has 0 bridgehead atoms. The highest BCUT2D eigenvalue weighted by Gasteiger charge is 2.21. The average molecular weight is 450 g/mol. The number of fused-ring (bicyclic) bond motifs is 1. The number of nitrogens with zero attached hydrogens (tertiary/aromatic N) is 1. The van der Waals surface area contributed by atoms with Crippen LogP contribution in [0.15, 0.2) is 79.0 Å². The number of hydrogen-bond donors (Lipinski definition) is 2. The third kappa shape index (κ3) is 4.84. The molecule has 0 spiro atoms. The number of hydrogen-bond acceptors (Lipinski definition) is 3. The molecule has 4 aromatic rings. The summed E-state index contributed by atoms with van der Waals surface area (Å²) in [5.74, 6) is 0.488. The van der Waals surface area contributed by atoms with E-state index in [0.29, 0.717) is 23.6 Å². The first-order valence-electron chi connectivity index (χ1n) is 11.7. The molecule has 1 aliphatic carbocycles. The molecule has 2 N–H and O–H groups in total. The number of carbonyl (C=O) groups is 2. The molecule has 3 aromatic carbocycles. The maximum atomic E-state index is 12.9. The standard InChI is InChI=1S/C29H27N3O2/c1-19-7-10-23(29(34)32-18-24-4-2-6-27-25(24)5-3-15-30-27)16-26(19)21-11-13-22(14-12-21)28(33)31-17-20-8-9-20/h2-7,10-16,20H,8-9,17-18H2,1H3,(H,31,33)(H,32,34). The van der Waals surface area contributed by atoms with Crippen molar-refractivity contribution in [3.05, 3.63) is 101 Å². The predicted octanol–water partition coefficient (Wildman–Crippen LogP) is 5.28. The lowest BCUT2D eigenvalue weighted by Gasteiger charge is -2.12. The second-order valence-electron chi connectivity index (χ2n) is 8.93. The average Bonchev–Trinajstić information content (AvgIpc) is 3.71. The van der Waals surface area contributed by atoms with Crippen molar-refractivity contribution < 1.29 is 9.59 Å². The fourth-order valence-corrected chi connectivity index (χ4v) is 4.14. The first-order chi connectivity index (χ1) is 16.6. The number of pyridine rings is 1. The normalized spacial score (nSPS) is 13.0. The van der Waals surface area contributed by atoms with Gasteiger partial charge in [-0.15, -0.1) is 0 Å². The summed E-state index contributed by atoms with van der Waals surface area (Å²) >= 11 is 0. The van der Waals surface area contributed by atoms with E-state index < -0.39 is 0 Å². The van der Waals surface area contributed by atoms with Crippen molar-refractivity contribution in [1.82, 2.24) is 15.6 Å². The van der Waals surface area contributed by atoms with Gasteiger partial charge in [0.15, 0.2) is 0 Å². The van der Waals surface area contributed by atoms with Crippen LogP contribution in [0.2, 0.25) is 0 Å². The van der Waals surface area contributed by atoms with E-state index in [9.17, 15) is 9.59 Å². The van der Waals surface area contributed by atoms with Crippen LogP contribution in [0.1, 0.15) is 44.7 Å². The summed E-state index contributed by atoms with van der Waals surface area (Å²) in [7, 11) is 0. The van der Waals surface area contributed by atoms with Crippen LogP contribution in [0.5, 0.6) is 0 Å². The summed E-state index contributed by atoms with van der Waals surface area (Å²) in [6.07, 6.45) is 4.19. The Morgan fingerprint density at radius 1 is 0.882 bits per heavy atom. The minimum absolute atomic E-state index is 0.0352. The molecule has 2 amide bonds. The molecular formula is C29H27N3O2. The SMILES string of the molecule is Cc1ccc(C(=O)NCc2cccc3ncccc23)cc1-c1ccc(C(=O)NCC2CC2)cc1. The van der Waals surface area contributed by atoms with E-state index in [1.165, 1.54) is 12.8 Å². The molecule has 5 heteroatoms. The smallest absolute Gasteiger partial charge is 0.251 e. The van der Waals surface area contributed by atoms with Crippen LogP contribution < -0.4 is 10.6 Å². The molecule has 1 aromatic heterocycles. The van der Waals surface area contributed by atoms with Gasteiger partial charge in [-0.25, -0.2) is 0 Å². The van der Waals surface area contributed by atoms with E-state index in [1.54, 1.807) is 6.20 Å². The number of nitrogens with one attached hydrogen (secondary N) is 2. The number of amides is 2. The van der Waals surface area contributed by atoms with Crippen LogP contribution in [-0.2, 0) is 6.54 Å². The Bertz CT molecular complexity index is 1350. The molecule has 1 saturated carbocycles. The lowest BCUT2D eigenvalue weighted by molar-refractivity contribution is 0.0943. The summed E-state index contributed by atoms with van der Waals surface area (Å²) in [5.41, 5.74) is 6.23. The molecule has 0 unspecified atom stereocenters. The maximum absolute atomic E-state index is 12.9. The Morgan fingerprint density at radius 3 is 2.44 bits per heavy atom. The van der Waals surface area contributed by atoms with E-state index in [2.05, 4.69) is 15.6 Å². The van der Waals surface area contributed by atoms with Crippen LogP contribution >= 0.6 is 0 Å². The number of benzene rings is 3. The van der Waals surface area contributed by atoms with Gasteiger partial charge in [0.25, 0.3) is 11.8 Å². The maximum Gasteiger partial charge on any atom is 0.251 e. The number of rotatable bonds is 7. The van der Waals surface area contributed by atoms with Crippen LogP contribution in [0, 0.1) is 12.8 Å². The highest BCUT2D eigenvalue weighted by molar-refractivity contribution is 5.97. The van der Waals surface area contributed by atoms with Crippen molar-refractivity contribution in [2.75, 3.05) is 6.54 Å². The van der Waals surface area contributed by atoms with Crippen molar-refractivity contribution >= 4 is 22.7 Å². The van der Waals surface area contributed by atoms with Gasteiger partial charge in [-0.3, -0.25) is 14.6 Å². The third-order valence-corrected chi connectivity index (χ3v) is 6.38. The summed E-state index contributed by atoms with van der Waals surface area (Å²) in [6.45, 7) is 3.21. The van der Waals surface area contributed by atoms with E-state index in [4.69, 9.17) is 0 Å². The van der Waals surface area contributed by atoms with Gasteiger partial charge in [0.05, 0.1) is 5.52 Å². The lowest BCUT2D eigenvalue weighted by atomic mass is 9.97. The Labute approximate surface area is 199 Å². The Kier molecular flexibility index (Phi) is 6.09. The van der Waals surface area contributed by atoms with Crippen LogP contribution in [-0.4, -0.2) is 23.3 Å². The molecule has 5 nitrogen and oxygen atoms in total. The Hall–Kier alpha value is -3.99. The second kappa shape index (κ2) is 9.48. The molecule has 1 fully saturated rings. The molecule has 0 saturated heterocycles. The van der Waals surface area contributed by atoms with Gasteiger partial charge in [0.1, 0.15) is 0 Å². The second-order valence-corrected chi connectivity index (χ2v) is 8.93. The molecule has 5 rings (SSSR count). The summed E-state index contributed by atoms with van der Waals surface area (Å²) in [4.78, 5) is 29.7. The molecule has 170 valence electrons. The van der Waals surface area contributed by atoms with Gasteiger partial charge in [0.2, 0.25) is 0 Å². The van der Waals surface area contributed by atoms with E-state index in [1.807, 2.05) is 79.7 Å². The predicted molar refractivity (Wildman–Crippen MR) is 135 cm³/mol. The fourth-order valence-electron chi connectivity index (χ4n) is 4.14. The van der Waals surface area contributed by atoms with Gasteiger partial charge in [-0.1, -0.05) is 36.4 Å². The van der Waals surface area contributed by atoms with Crippen molar-refractivity contribution in [3.8, 4) is 11.1 Å². The largest absolute Gasteiger partial charge is 0.352 e. The molecule has 1 heterocycles. The zero-order valence-corrected chi connectivity index (χ0v) is 19.2. The van der Waals surface area contributed by atoms with E-state index in [0.717, 1.165) is 39.7 Å². The van der Waals surface area contributed by atoms with Gasteiger partial charge >= 0.3 is 0 Å². The van der Waals surface area contributed by atoms with Gasteiger partial charge < -0.3 is 10.6 Å². The summed E-state index contributed by atoms with van der Waals surface area (Å²) in [5, 5.41) is 7.07. The monoisotopic (exact) mass is 449 g/mol. The quantitative estimate of drug-likeness (QED) is 0.403. The molecule has 0 atom stereocenters. The van der Waals surface area contributed by atoms with Crippen LogP contribution in [0.3, 0.4) is 0 Å². The van der Waals surface area contributed by atoms with E-state index >= 15 is 0 Å². The van der Waals surface area contributed by atoms with Crippen molar-refractivity contribution in [3.63, 3.8) is 0 Å². The lowest BCUT2D eigenvalue weighted by Crippen LogP contribution is -2.25. The number of aromatic nitrogens is 1. The third-order valence-electron chi connectivity index (χ3n) is 6.38. The van der Waals surface area contributed by atoms with Crippen LogP contribution in [0.25, 0.3) is 22.0 Å². The van der Waals surface area contributed by atoms with E-state index in [-0.39, 0.29) is 11.8 Å². The first-order valence-corrected chi connectivity index (χ1v) is 11.7. The Balaban J connectivity index is 1.30. The highest BCUT2D eigenvalue weighted by Crippen LogP contribution is 2.28. The minimum atomic E-state index is -0.127. The molecular weight excluding hydrogens is 422 g/mol. The molecule has 1 aliphatic rings. The first kappa shape index (κ1) is 21.8.